The summed E-state index contributed by atoms with van der Waals surface area (Å²) in [6.07, 6.45) is 1.09. The van der Waals surface area contributed by atoms with Gasteiger partial charge in [0.05, 0.1) is 6.54 Å². The summed E-state index contributed by atoms with van der Waals surface area (Å²) in [5.74, 6) is -0.765. The average Bonchev–Trinajstić information content (AvgIpc) is 2.74. The molecule has 100 valence electrons. The molecular weight excluding hydrogens is 272 g/mol. The van der Waals surface area contributed by atoms with Gasteiger partial charge in [0.2, 0.25) is 6.33 Å². The van der Waals surface area contributed by atoms with Crippen molar-refractivity contribution in [3.05, 3.63) is 52.3 Å². The fraction of sp³-hybridized carbons (Fsp3) is 0.100. The molecule has 1 aromatic carbocycles. The molecule has 19 heavy (non-hydrogen) atoms. The molecule has 1 heterocycles. The van der Waals surface area contributed by atoms with E-state index in [-0.39, 0.29) is 6.54 Å². The van der Waals surface area contributed by atoms with E-state index in [9.17, 15) is 18.5 Å². The maximum atomic E-state index is 11.4. The van der Waals surface area contributed by atoms with E-state index in [2.05, 4.69) is 4.98 Å². The monoisotopic (exact) mass is 282 g/mol. The van der Waals surface area contributed by atoms with Gasteiger partial charge in [-0.25, -0.2) is 13.6 Å². The van der Waals surface area contributed by atoms with E-state index in [4.69, 9.17) is 5.14 Å². The van der Waals surface area contributed by atoms with Crippen molar-refractivity contribution < 1.29 is 13.3 Å². The fourth-order valence-electron chi connectivity index (χ4n) is 1.67. The number of rotatable bonds is 4. The van der Waals surface area contributed by atoms with Crippen LogP contribution in [0.2, 0.25) is 0 Å². The molecule has 8 nitrogen and oxygen atoms in total. The van der Waals surface area contributed by atoms with Crippen molar-refractivity contribution in [1.82, 2.24) is 9.55 Å². The van der Waals surface area contributed by atoms with Crippen LogP contribution >= 0.6 is 0 Å². The van der Waals surface area contributed by atoms with Crippen LogP contribution in [0.4, 0.5) is 5.82 Å². The van der Waals surface area contributed by atoms with Crippen LogP contribution in [0.3, 0.4) is 0 Å². The van der Waals surface area contributed by atoms with Gasteiger partial charge < -0.3 is 10.1 Å². The van der Waals surface area contributed by atoms with E-state index in [1.807, 2.05) is 0 Å². The molecule has 2 N–H and O–H groups in total. The molecule has 0 amide bonds. The SMILES string of the molecule is NS(=O)(=O)c1c([N+](=O)[O-])ncn1Cc1ccccc1. The van der Waals surface area contributed by atoms with Crippen molar-refractivity contribution in [2.75, 3.05) is 0 Å². The minimum Gasteiger partial charge on any atom is -0.358 e. The van der Waals surface area contributed by atoms with Crippen LogP contribution < -0.4 is 5.14 Å². The molecule has 2 aromatic rings. The van der Waals surface area contributed by atoms with Crippen molar-refractivity contribution in [3.63, 3.8) is 0 Å². The molecule has 0 fully saturated rings. The second-order valence-corrected chi connectivity index (χ2v) is 5.27. The fourth-order valence-corrected chi connectivity index (χ4v) is 2.49. The molecule has 0 bridgehead atoms. The Balaban J connectivity index is 2.50. The largest absolute Gasteiger partial charge is 0.402 e. The van der Waals surface area contributed by atoms with E-state index < -0.39 is 25.8 Å². The number of primary sulfonamides is 1. The van der Waals surface area contributed by atoms with Crippen molar-refractivity contribution >= 4 is 15.8 Å². The normalized spacial score (nSPS) is 11.4. The molecule has 2 rings (SSSR count). The Bertz CT molecular complexity index is 708. The molecule has 0 saturated carbocycles. The Labute approximate surface area is 108 Å². The minimum absolute atomic E-state index is 0.132. The third kappa shape index (κ3) is 2.77. The lowest BCUT2D eigenvalue weighted by Gasteiger charge is -2.05. The highest BCUT2D eigenvalue weighted by molar-refractivity contribution is 7.89. The Hall–Kier alpha value is -2.26. The second kappa shape index (κ2) is 4.78. The number of nitrogens with two attached hydrogens (primary N) is 1. The zero-order valence-electron chi connectivity index (χ0n) is 9.63. The molecule has 0 atom stereocenters. The summed E-state index contributed by atoms with van der Waals surface area (Å²) in [5.41, 5.74) is 0.777. The van der Waals surface area contributed by atoms with Crippen LogP contribution in [0.1, 0.15) is 5.56 Å². The standard InChI is InChI=1S/C10H10N4O4S/c11-19(17,18)10-9(14(15)16)12-7-13(10)6-8-4-2-1-3-5-8/h1-5,7H,6H2,(H2,11,17,18). The molecule has 0 aliphatic carbocycles. The lowest BCUT2D eigenvalue weighted by Crippen LogP contribution is -2.19. The summed E-state index contributed by atoms with van der Waals surface area (Å²) in [5, 5.41) is 15.1. The van der Waals surface area contributed by atoms with Gasteiger partial charge in [0.25, 0.3) is 15.0 Å². The molecule has 0 spiro atoms. The van der Waals surface area contributed by atoms with Crippen LogP contribution in [0.15, 0.2) is 41.7 Å². The molecule has 0 aliphatic rings. The Morgan fingerprint density at radius 1 is 1.32 bits per heavy atom. The summed E-state index contributed by atoms with van der Waals surface area (Å²) in [6, 6.07) is 8.88. The first-order valence-corrected chi connectivity index (χ1v) is 6.70. The number of sulfonamides is 1. The van der Waals surface area contributed by atoms with Gasteiger partial charge in [-0.15, -0.1) is 0 Å². The molecule has 0 radical (unpaired) electrons. The van der Waals surface area contributed by atoms with E-state index in [1.165, 1.54) is 0 Å². The van der Waals surface area contributed by atoms with Gasteiger partial charge in [-0.2, -0.15) is 0 Å². The van der Waals surface area contributed by atoms with Gasteiger partial charge in [0.1, 0.15) is 0 Å². The van der Waals surface area contributed by atoms with E-state index >= 15 is 0 Å². The zero-order valence-corrected chi connectivity index (χ0v) is 10.4. The Kier molecular flexibility index (Phi) is 3.32. The van der Waals surface area contributed by atoms with Gasteiger partial charge in [-0.1, -0.05) is 30.3 Å². The third-order valence-corrected chi connectivity index (χ3v) is 3.37. The lowest BCUT2D eigenvalue weighted by atomic mass is 10.2. The Morgan fingerprint density at radius 3 is 2.47 bits per heavy atom. The van der Waals surface area contributed by atoms with Crippen molar-refractivity contribution in [2.24, 2.45) is 5.14 Å². The van der Waals surface area contributed by atoms with Crippen molar-refractivity contribution in [3.8, 4) is 0 Å². The predicted octanol–water partition coefficient (Wildman–Crippen LogP) is 0.487. The number of nitro groups is 1. The first kappa shape index (κ1) is 13.2. The first-order chi connectivity index (χ1) is 8.89. The molecule has 0 aliphatic heterocycles. The van der Waals surface area contributed by atoms with Crippen LogP contribution in [0.25, 0.3) is 0 Å². The predicted molar refractivity (Wildman–Crippen MR) is 65.8 cm³/mol. The van der Waals surface area contributed by atoms with Gasteiger partial charge >= 0.3 is 5.82 Å². The Morgan fingerprint density at radius 2 is 1.95 bits per heavy atom. The maximum absolute atomic E-state index is 11.4. The highest BCUT2D eigenvalue weighted by Gasteiger charge is 2.30. The van der Waals surface area contributed by atoms with E-state index in [0.29, 0.717) is 0 Å². The van der Waals surface area contributed by atoms with Gasteiger partial charge in [0.15, 0.2) is 0 Å². The van der Waals surface area contributed by atoms with Crippen LogP contribution in [-0.4, -0.2) is 22.9 Å². The van der Waals surface area contributed by atoms with Crippen LogP contribution in [0.5, 0.6) is 0 Å². The van der Waals surface area contributed by atoms with Crippen LogP contribution in [0, 0.1) is 10.1 Å². The van der Waals surface area contributed by atoms with Gasteiger partial charge in [-0.3, -0.25) is 4.57 Å². The molecule has 9 heteroatoms. The number of benzene rings is 1. The topological polar surface area (TPSA) is 121 Å². The number of aromatic nitrogens is 2. The molecule has 0 unspecified atom stereocenters. The molecule has 0 saturated heterocycles. The van der Waals surface area contributed by atoms with Gasteiger partial charge in [-0.05, 0) is 15.5 Å². The summed E-state index contributed by atoms with van der Waals surface area (Å²) in [6.45, 7) is 0.132. The van der Waals surface area contributed by atoms with E-state index in [1.54, 1.807) is 30.3 Å². The van der Waals surface area contributed by atoms with Crippen molar-refractivity contribution in [1.29, 1.82) is 0 Å². The third-order valence-electron chi connectivity index (χ3n) is 2.41. The summed E-state index contributed by atoms with van der Waals surface area (Å²) >= 11 is 0. The summed E-state index contributed by atoms with van der Waals surface area (Å²) < 4.78 is 24.0. The highest BCUT2D eigenvalue weighted by atomic mass is 32.2. The smallest absolute Gasteiger partial charge is 0.358 e. The number of hydrogen-bond acceptors (Lipinski definition) is 5. The van der Waals surface area contributed by atoms with E-state index in [0.717, 1.165) is 16.5 Å². The average molecular weight is 282 g/mol. The zero-order chi connectivity index (χ0) is 14.0. The lowest BCUT2D eigenvalue weighted by molar-refractivity contribution is -0.392. The minimum atomic E-state index is -4.23. The van der Waals surface area contributed by atoms with Gasteiger partial charge in [0, 0.05) is 0 Å². The maximum Gasteiger partial charge on any atom is 0.402 e. The molecular formula is C10H10N4O4S. The summed E-state index contributed by atoms with van der Waals surface area (Å²) in [7, 11) is -4.23. The number of nitrogens with zero attached hydrogens (tertiary/aromatic N) is 3. The van der Waals surface area contributed by atoms with Crippen molar-refractivity contribution in [2.45, 2.75) is 11.6 Å². The second-order valence-electron chi connectivity index (χ2n) is 3.79. The molecule has 1 aromatic heterocycles. The quantitative estimate of drug-likeness (QED) is 0.646. The highest BCUT2D eigenvalue weighted by Crippen LogP contribution is 2.21. The summed E-state index contributed by atoms with van der Waals surface area (Å²) in [4.78, 5) is 13.4. The number of hydrogen-bond donors (Lipinski definition) is 1. The first-order valence-electron chi connectivity index (χ1n) is 5.16. The van der Waals surface area contributed by atoms with Crippen LogP contribution in [-0.2, 0) is 16.6 Å². The number of imidazole rings is 1.